The van der Waals surface area contributed by atoms with Crippen molar-refractivity contribution in [3.05, 3.63) is 42.0 Å². The summed E-state index contributed by atoms with van der Waals surface area (Å²) in [4.78, 5) is 4.13. The average Bonchev–Trinajstić information content (AvgIpc) is 2.76. The molecule has 0 atom stereocenters. The molecule has 0 fully saturated rings. The van der Waals surface area contributed by atoms with Crippen molar-refractivity contribution in [2.24, 2.45) is 0 Å². The van der Waals surface area contributed by atoms with Gasteiger partial charge in [0.25, 0.3) is 0 Å². The summed E-state index contributed by atoms with van der Waals surface area (Å²) in [6.45, 7) is 2.76. The molecule has 3 nitrogen and oxygen atoms in total. The van der Waals surface area contributed by atoms with Crippen molar-refractivity contribution in [1.29, 1.82) is 0 Å². The number of imidazole rings is 1. The van der Waals surface area contributed by atoms with Crippen LogP contribution in [-0.2, 0) is 13.0 Å². The molecule has 2 aromatic rings. The molecule has 2 heterocycles. The largest absolute Gasteiger partial charge is 0.485 e. The van der Waals surface area contributed by atoms with Crippen LogP contribution in [0.4, 0.5) is 0 Å². The van der Waals surface area contributed by atoms with Gasteiger partial charge in [-0.3, -0.25) is 4.57 Å². The van der Waals surface area contributed by atoms with Crippen LogP contribution < -0.4 is 4.74 Å². The van der Waals surface area contributed by atoms with E-state index in [1.54, 1.807) is 0 Å². The first-order valence-corrected chi connectivity index (χ1v) is 5.16. The highest BCUT2D eigenvalue weighted by Gasteiger charge is 2.16. The smallest absolute Gasteiger partial charge is 0.144 e. The van der Waals surface area contributed by atoms with E-state index in [4.69, 9.17) is 4.74 Å². The monoisotopic (exact) mass is 200 g/mol. The molecule has 1 aliphatic rings. The van der Waals surface area contributed by atoms with Gasteiger partial charge in [0.2, 0.25) is 0 Å². The maximum absolute atomic E-state index is 5.69. The van der Waals surface area contributed by atoms with Crippen LogP contribution in [0.3, 0.4) is 0 Å². The van der Waals surface area contributed by atoms with Crippen LogP contribution in [0.5, 0.6) is 5.75 Å². The van der Waals surface area contributed by atoms with E-state index in [0.717, 1.165) is 23.6 Å². The van der Waals surface area contributed by atoms with Crippen LogP contribution in [0.15, 0.2) is 30.7 Å². The van der Waals surface area contributed by atoms with Crippen molar-refractivity contribution in [2.45, 2.75) is 20.0 Å². The molecule has 0 amide bonds. The van der Waals surface area contributed by atoms with Crippen molar-refractivity contribution in [3.63, 3.8) is 0 Å². The van der Waals surface area contributed by atoms with Crippen LogP contribution in [0.2, 0.25) is 0 Å². The number of fused-ring (bicyclic) bond motifs is 3. The minimum absolute atomic E-state index is 0.611. The lowest BCUT2D eigenvalue weighted by molar-refractivity contribution is 0.285. The van der Waals surface area contributed by atoms with Crippen LogP contribution in [0.1, 0.15) is 18.2 Å². The van der Waals surface area contributed by atoms with E-state index in [-0.39, 0.29) is 0 Å². The Labute approximate surface area is 88.3 Å². The second-order valence-electron chi connectivity index (χ2n) is 3.70. The first-order chi connectivity index (χ1) is 7.38. The molecular weight excluding hydrogens is 188 g/mol. The fourth-order valence-electron chi connectivity index (χ4n) is 1.89. The van der Waals surface area contributed by atoms with Gasteiger partial charge in [0.15, 0.2) is 0 Å². The Hall–Kier alpha value is -1.77. The molecule has 76 valence electrons. The standard InChI is InChI=1S/C12H12N2O/c1-2-9-3-4-11-12(5-9)15-7-10-6-13-8-14(10)11/h3-6,8H,2,7H2,1H3. The van der Waals surface area contributed by atoms with Gasteiger partial charge >= 0.3 is 0 Å². The Kier molecular flexibility index (Phi) is 1.78. The molecule has 1 aliphatic heterocycles. The minimum atomic E-state index is 0.611. The van der Waals surface area contributed by atoms with Gasteiger partial charge in [0.05, 0.1) is 23.9 Å². The fourth-order valence-corrected chi connectivity index (χ4v) is 1.89. The Morgan fingerprint density at radius 1 is 1.47 bits per heavy atom. The molecule has 0 bridgehead atoms. The zero-order valence-corrected chi connectivity index (χ0v) is 8.60. The van der Waals surface area contributed by atoms with E-state index < -0.39 is 0 Å². The molecular formula is C12H12N2O. The average molecular weight is 200 g/mol. The molecule has 15 heavy (non-hydrogen) atoms. The summed E-state index contributed by atoms with van der Waals surface area (Å²) in [6.07, 6.45) is 4.71. The van der Waals surface area contributed by atoms with E-state index in [1.165, 1.54) is 5.56 Å². The predicted molar refractivity (Wildman–Crippen MR) is 57.3 cm³/mol. The number of hydrogen-bond acceptors (Lipinski definition) is 2. The van der Waals surface area contributed by atoms with Crippen LogP contribution in [-0.4, -0.2) is 9.55 Å². The zero-order valence-electron chi connectivity index (χ0n) is 8.60. The lowest BCUT2D eigenvalue weighted by Crippen LogP contribution is -2.11. The zero-order chi connectivity index (χ0) is 10.3. The molecule has 0 spiro atoms. The predicted octanol–water partition coefficient (Wildman–Crippen LogP) is 2.33. The van der Waals surface area contributed by atoms with Crippen LogP contribution >= 0.6 is 0 Å². The summed E-state index contributed by atoms with van der Waals surface area (Å²) in [5.41, 5.74) is 3.50. The van der Waals surface area contributed by atoms with Crippen molar-refractivity contribution in [2.75, 3.05) is 0 Å². The lowest BCUT2D eigenvalue weighted by atomic mass is 10.1. The summed E-state index contributed by atoms with van der Waals surface area (Å²) < 4.78 is 7.77. The van der Waals surface area contributed by atoms with E-state index in [9.17, 15) is 0 Å². The number of rotatable bonds is 1. The van der Waals surface area contributed by atoms with E-state index >= 15 is 0 Å². The molecule has 1 aromatic carbocycles. The van der Waals surface area contributed by atoms with Crippen LogP contribution in [0, 0.1) is 0 Å². The van der Waals surface area contributed by atoms with Crippen LogP contribution in [0.25, 0.3) is 5.69 Å². The number of aromatic nitrogens is 2. The highest BCUT2D eigenvalue weighted by molar-refractivity contribution is 5.51. The van der Waals surface area contributed by atoms with E-state index in [1.807, 2.05) is 12.5 Å². The summed E-state index contributed by atoms with van der Waals surface area (Å²) in [5, 5.41) is 0. The Morgan fingerprint density at radius 2 is 2.40 bits per heavy atom. The first kappa shape index (κ1) is 8.53. The number of aryl methyl sites for hydroxylation is 1. The highest BCUT2D eigenvalue weighted by atomic mass is 16.5. The van der Waals surface area contributed by atoms with Gasteiger partial charge in [0.1, 0.15) is 12.4 Å². The second-order valence-corrected chi connectivity index (χ2v) is 3.70. The lowest BCUT2D eigenvalue weighted by Gasteiger charge is -2.20. The normalized spacial score (nSPS) is 12.9. The maximum atomic E-state index is 5.69. The van der Waals surface area contributed by atoms with Gasteiger partial charge in [-0.2, -0.15) is 0 Å². The van der Waals surface area contributed by atoms with Gasteiger partial charge in [-0.05, 0) is 24.1 Å². The first-order valence-electron chi connectivity index (χ1n) is 5.16. The van der Waals surface area contributed by atoms with Crippen molar-refractivity contribution >= 4 is 0 Å². The SMILES string of the molecule is CCc1ccc2c(c1)OCc1cncn1-2. The Balaban J connectivity index is 2.18. The summed E-state index contributed by atoms with van der Waals surface area (Å²) in [6, 6.07) is 6.34. The van der Waals surface area contributed by atoms with Crippen molar-refractivity contribution < 1.29 is 4.74 Å². The third-order valence-electron chi connectivity index (χ3n) is 2.78. The molecule has 0 saturated carbocycles. The molecule has 0 radical (unpaired) electrons. The van der Waals surface area contributed by atoms with E-state index in [0.29, 0.717) is 6.61 Å². The van der Waals surface area contributed by atoms with E-state index in [2.05, 4.69) is 34.7 Å². The van der Waals surface area contributed by atoms with Gasteiger partial charge < -0.3 is 4.74 Å². The quantitative estimate of drug-likeness (QED) is 0.706. The Bertz CT molecular complexity index is 502. The van der Waals surface area contributed by atoms with Crippen molar-refractivity contribution in [1.82, 2.24) is 9.55 Å². The number of nitrogens with zero attached hydrogens (tertiary/aromatic N) is 2. The molecule has 3 rings (SSSR count). The molecule has 1 aromatic heterocycles. The molecule has 0 aliphatic carbocycles. The number of hydrogen-bond donors (Lipinski definition) is 0. The third kappa shape index (κ3) is 1.23. The van der Waals surface area contributed by atoms with Gasteiger partial charge in [-0.1, -0.05) is 13.0 Å². The number of benzene rings is 1. The second kappa shape index (κ2) is 3.12. The highest BCUT2D eigenvalue weighted by Crippen LogP contribution is 2.30. The van der Waals surface area contributed by atoms with Gasteiger partial charge in [0, 0.05) is 0 Å². The van der Waals surface area contributed by atoms with Gasteiger partial charge in [-0.15, -0.1) is 0 Å². The molecule has 0 N–H and O–H groups in total. The topological polar surface area (TPSA) is 27.1 Å². The Morgan fingerprint density at radius 3 is 3.27 bits per heavy atom. The third-order valence-corrected chi connectivity index (χ3v) is 2.78. The summed E-state index contributed by atoms with van der Waals surface area (Å²) in [7, 11) is 0. The summed E-state index contributed by atoms with van der Waals surface area (Å²) >= 11 is 0. The van der Waals surface area contributed by atoms with Gasteiger partial charge in [-0.25, -0.2) is 4.98 Å². The maximum Gasteiger partial charge on any atom is 0.144 e. The molecule has 3 heteroatoms. The molecule has 0 unspecified atom stereocenters. The number of ether oxygens (including phenoxy) is 1. The molecule has 0 saturated heterocycles. The summed E-state index contributed by atoms with van der Waals surface area (Å²) in [5.74, 6) is 0.958. The van der Waals surface area contributed by atoms with Crippen molar-refractivity contribution in [3.8, 4) is 11.4 Å². The fraction of sp³-hybridized carbons (Fsp3) is 0.250. The minimum Gasteiger partial charge on any atom is -0.485 e.